The molecule has 3 fully saturated rings. The van der Waals surface area contributed by atoms with E-state index in [2.05, 4.69) is 22.7 Å². The van der Waals surface area contributed by atoms with Crippen molar-refractivity contribution in [1.82, 2.24) is 9.62 Å². The number of amides is 1. The molecule has 2 bridgehead atoms. The molecule has 174 valence electrons. The molecule has 0 aliphatic heterocycles. The summed E-state index contributed by atoms with van der Waals surface area (Å²) < 4.78 is 57.0. The number of nitrogens with one attached hydrogen (secondary N) is 2. The molecule has 1 aromatic carbocycles. The second-order valence-corrected chi connectivity index (χ2v) is 11.0. The van der Waals surface area contributed by atoms with Gasteiger partial charge in [0.25, 0.3) is 11.8 Å². The predicted octanol–water partition coefficient (Wildman–Crippen LogP) is 3.92. The van der Waals surface area contributed by atoms with E-state index in [4.69, 9.17) is 0 Å². The second-order valence-electron chi connectivity index (χ2n) is 9.13. The molecule has 3 aliphatic carbocycles. The maximum Gasteiger partial charge on any atom is 0.301 e. The average Bonchev–Trinajstić information content (AvgIpc) is 2.74. The maximum atomic E-state index is 14.5. The summed E-state index contributed by atoms with van der Waals surface area (Å²) in [5, 5.41) is 12.5. The van der Waals surface area contributed by atoms with Crippen molar-refractivity contribution in [2.45, 2.75) is 56.9 Å². The van der Waals surface area contributed by atoms with Gasteiger partial charge in [-0.1, -0.05) is 12.6 Å². The Bertz CT molecular complexity index is 1070. The Kier molecular flexibility index (Phi) is 6.13. The predicted molar refractivity (Wildman–Crippen MR) is 117 cm³/mol. The summed E-state index contributed by atoms with van der Waals surface area (Å²) in [4.78, 5) is 13.2. The number of carbonyl (C=O) groups is 1. The molecule has 7 nitrogen and oxygen atoms in total. The van der Waals surface area contributed by atoms with Crippen LogP contribution in [0.1, 0.15) is 61.4 Å². The molecule has 2 N–H and O–H groups in total. The number of alkyl halides is 2. The fourth-order valence-corrected chi connectivity index (χ4v) is 4.98. The Hall–Kier alpha value is -2.51. The zero-order chi connectivity index (χ0) is 23.9. The molecule has 3 aliphatic rings. The fraction of sp³-hybridized carbons (Fsp3) is 0.545. The summed E-state index contributed by atoms with van der Waals surface area (Å²) >= 11 is 0. The summed E-state index contributed by atoms with van der Waals surface area (Å²) in [6, 6.07) is 5.70. The molecule has 0 spiro atoms. The summed E-state index contributed by atoms with van der Waals surface area (Å²) in [5.41, 5.74) is -1.95. The zero-order valence-electron chi connectivity index (χ0n) is 18.5. The van der Waals surface area contributed by atoms with E-state index in [0.29, 0.717) is 38.5 Å². The molecular weight excluding hydrogens is 438 g/mol. The van der Waals surface area contributed by atoms with E-state index in [0.717, 1.165) is 16.4 Å². The molecule has 10 heteroatoms. The van der Waals surface area contributed by atoms with Gasteiger partial charge in [0.15, 0.2) is 0 Å². The van der Waals surface area contributed by atoms with Gasteiger partial charge in [-0.2, -0.15) is 26.8 Å². The first kappa shape index (κ1) is 24.1. The third-order valence-electron chi connectivity index (χ3n) is 6.74. The van der Waals surface area contributed by atoms with Crippen LogP contribution in [0.3, 0.4) is 0 Å². The van der Waals surface area contributed by atoms with Crippen molar-refractivity contribution < 1.29 is 22.0 Å². The van der Waals surface area contributed by atoms with Crippen LogP contribution < -0.4 is 10.0 Å². The van der Waals surface area contributed by atoms with Gasteiger partial charge >= 0.3 is 10.2 Å². The molecule has 4 rings (SSSR count). The quantitative estimate of drug-likeness (QED) is 0.595. The van der Waals surface area contributed by atoms with Crippen molar-refractivity contribution in [1.29, 1.82) is 5.26 Å². The molecule has 0 saturated heterocycles. The second kappa shape index (κ2) is 8.12. The smallest absolute Gasteiger partial charge is 0.301 e. The van der Waals surface area contributed by atoms with Gasteiger partial charge in [0.05, 0.1) is 22.7 Å². The molecule has 1 amide bonds. The van der Waals surface area contributed by atoms with Gasteiger partial charge in [0.1, 0.15) is 0 Å². The number of carbonyl (C=O) groups excluding carboxylic acids is 1. The highest BCUT2D eigenvalue weighted by atomic mass is 32.2. The van der Waals surface area contributed by atoms with Gasteiger partial charge in [0, 0.05) is 25.2 Å². The normalized spacial score (nSPS) is 25.3. The average molecular weight is 467 g/mol. The highest BCUT2D eigenvalue weighted by Crippen LogP contribution is 2.52. The number of hydrogen-bond acceptors (Lipinski definition) is 4. The van der Waals surface area contributed by atoms with Gasteiger partial charge in [-0.25, -0.2) is 0 Å². The third kappa shape index (κ3) is 4.36. The monoisotopic (exact) mass is 466 g/mol. The van der Waals surface area contributed by atoms with Gasteiger partial charge in [-0.3, -0.25) is 9.52 Å². The maximum absolute atomic E-state index is 14.5. The summed E-state index contributed by atoms with van der Waals surface area (Å²) in [5.74, 6) is -3.93. The number of rotatable bonds is 7. The van der Waals surface area contributed by atoms with Crippen LogP contribution in [-0.4, -0.2) is 38.3 Å². The van der Waals surface area contributed by atoms with E-state index >= 15 is 0 Å². The first-order valence-corrected chi connectivity index (χ1v) is 11.8. The van der Waals surface area contributed by atoms with Gasteiger partial charge in [-0.05, 0) is 63.2 Å². The Balaban J connectivity index is 1.95. The number of nitrogens with zero attached hydrogens (tertiary/aromatic N) is 2. The van der Waals surface area contributed by atoms with Crippen molar-refractivity contribution in [3.05, 3.63) is 41.5 Å². The van der Waals surface area contributed by atoms with E-state index in [1.54, 1.807) is 0 Å². The minimum absolute atomic E-state index is 0.0474. The molecule has 0 unspecified atom stereocenters. The lowest BCUT2D eigenvalue weighted by Crippen LogP contribution is -2.56. The number of halogens is 2. The van der Waals surface area contributed by atoms with E-state index in [9.17, 15) is 27.3 Å². The molecule has 32 heavy (non-hydrogen) atoms. The van der Waals surface area contributed by atoms with Crippen molar-refractivity contribution in [2.75, 3.05) is 18.8 Å². The lowest BCUT2D eigenvalue weighted by molar-refractivity contribution is 0.0385. The van der Waals surface area contributed by atoms with Crippen molar-refractivity contribution in [3.8, 4) is 6.07 Å². The number of anilines is 1. The highest BCUT2D eigenvalue weighted by molar-refractivity contribution is 7.90. The molecule has 3 saturated carbocycles. The largest absolute Gasteiger partial charge is 0.347 e. The number of fused-ring (bicyclic) bond motifs is 3. The lowest BCUT2D eigenvalue weighted by Gasteiger charge is -2.50. The Morgan fingerprint density at radius 1 is 1.19 bits per heavy atom. The molecule has 0 atom stereocenters. The van der Waals surface area contributed by atoms with Gasteiger partial charge in [-0.15, -0.1) is 0 Å². The third-order valence-corrected chi connectivity index (χ3v) is 8.18. The molecular formula is C22H28F2N4O3S. The molecule has 0 heterocycles. The number of benzene rings is 1. The van der Waals surface area contributed by atoms with Crippen LogP contribution in [0.15, 0.2) is 30.4 Å². The number of allylic oxidation sites excluding steroid dienone is 1. The summed E-state index contributed by atoms with van der Waals surface area (Å²) in [6.07, 6.45) is 4.01. The van der Waals surface area contributed by atoms with Crippen molar-refractivity contribution in [3.63, 3.8) is 0 Å². The Labute approximate surface area is 187 Å². The van der Waals surface area contributed by atoms with Crippen LogP contribution in [0.25, 0.3) is 0 Å². The van der Waals surface area contributed by atoms with E-state index < -0.39 is 38.7 Å². The molecule has 1 aromatic rings. The van der Waals surface area contributed by atoms with Crippen molar-refractivity contribution >= 4 is 21.8 Å². The Morgan fingerprint density at radius 3 is 2.22 bits per heavy atom. The Morgan fingerprint density at radius 2 is 1.75 bits per heavy atom. The van der Waals surface area contributed by atoms with Crippen molar-refractivity contribution in [2.24, 2.45) is 5.41 Å². The zero-order valence-corrected chi connectivity index (χ0v) is 19.3. The highest BCUT2D eigenvalue weighted by Gasteiger charge is 2.49. The van der Waals surface area contributed by atoms with E-state index in [1.165, 1.54) is 27.1 Å². The number of hydrogen-bond donors (Lipinski definition) is 2. The van der Waals surface area contributed by atoms with Crippen LogP contribution in [-0.2, 0) is 16.1 Å². The van der Waals surface area contributed by atoms with Crippen LogP contribution in [0.5, 0.6) is 0 Å². The van der Waals surface area contributed by atoms with Crippen LogP contribution in [0, 0.1) is 16.7 Å². The summed E-state index contributed by atoms with van der Waals surface area (Å²) in [7, 11) is -1.47. The molecule has 0 aromatic heterocycles. The van der Waals surface area contributed by atoms with E-state index in [-0.39, 0.29) is 16.7 Å². The molecule has 0 radical (unpaired) electrons. The minimum Gasteiger partial charge on any atom is -0.347 e. The standard InChI is InChI=1S/C22H28F2N4O3S/c1-15(2)22(23,24)16-5-6-17(18(13-16)27-32(30,31)28(3)4)19(29)26-21-10-7-20(14-25,8-11-21)9-12-21/h5-6,13,27H,1,7-12H2,2-4H3,(H,26,29). The minimum atomic E-state index is -4.05. The van der Waals surface area contributed by atoms with Gasteiger partial charge < -0.3 is 5.32 Å². The van der Waals surface area contributed by atoms with Gasteiger partial charge in [0.2, 0.25) is 0 Å². The summed E-state index contributed by atoms with van der Waals surface area (Å²) in [6.45, 7) is 4.49. The first-order chi connectivity index (χ1) is 14.8. The first-order valence-electron chi connectivity index (χ1n) is 10.4. The van der Waals surface area contributed by atoms with Crippen LogP contribution in [0.4, 0.5) is 14.5 Å². The van der Waals surface area contributed by atoms with Crippen LogP contribution >= 0.6 is 0 Å². The van der Waals surface area contributed by atoms with Crippen LogP contribution in [0.2, 0.25) is 0 Å². The SMILES string of the molecule is C=C(C)C(F)(F)c1ccc(C(=O)NC23CCC(C#N)(CC2)CC3)c(NS(=O)(=O)N(C)C)c1. The van der Waals surface area contributed by atoms with E-state index in [1.807, 2.05) is 0 Å². The topological polar surface area (TPSA) is 102 Å². The lowest BCUT2D eigenvalue weighted by atomic mass is 9.58. The number of nitriles is 1. The fourth-order valence-electron chi connectivity index (χ4n) is 4.35.